The number of aromatic nitrogens is 2. The quantitative estimate of drug-likeness (QED) is 0.715. The topological polar surface area (TPSA) is 69.8 Å². The van der Waals surface area contributed by atoms with E-state index in [1.165, 1.54) is 25.7 Å². The second-order valence-corrected chi connectivity index (χ2v) is 7.33. The lowest BCUT2D eigenvalue weighted by molar-refractivity contribution is -0.122. The van der Waals surface area contributed by atoms with Crippen LogP contribution in [0, 0.1) is 5.92 Å². The maximum atomic E-state index is 12.1. The van der Waals surface area contributed by atoms with E-state index < -0.39 is 0 Å². The van der Waals surface area contributed by atoms with Crippen molar-refractivity contribution < 1.29 is 4.79 Å². The SMILES string of the molecule is O=C(CC1CC2CCC(C1)N2)NCCCc1nc2ccccc2[nH]1. The summed E-state index contributed by atoms with van der Waals surface area (Å²) in [6, 6.07) is 9.39. The zero-order valence-electron chi connectivity index (χ0n) is 14.1. The molecule has 2 aliphatic rings. The molecule has 0 saturated carbocycles. The number of benzene rings is 1. The molecule has 1 aromatic carbocycles. The average molecular weight is 326 g/mol. The minimum atomic E-state index is 0.214. The molecule has 0 spiro atoms. The highest BCUT2D eigenvalue weighted by molar-refractivity contribution is 5.76. The lowest BCUT2D eigenvalue weighted by Gasteiger charge is -2.28. The van der Waals surface area contributed by atoms with Crippen LogP contribution in [0.4, 0.5) is 0 Å². The van der Waals surface area contributed by atoms with E-state index in [2.05, 4.69) is 20.6 Å². The lowest BCUT2D eigenvalue weighted by atomic mass is 9.89. The number of carbonyl (C=O) groups is 1. The molecule has 5 nitrogen and oxygen atoms in total. The van der Waals surface area contributed by atoms with Crippen molar-refractivity contribution in [3.8, 4) is 0 Å². The fourth-order valence-corrected chi connectivity index (χ4v) is 4.28. The predicted octanol–water partition coefficient (Wildman–Crippen LogP) is 2.53. The molecule has 2 aromatic rings. The smallest absolute Gasteiger partial charge is 0.220 e. The third-order valence-corrected chi connectivity index (χ3v) is 5.40. The molecule has 24 heavy (non-hydrogen) atoms. The zero-order valence-corrected chi connectivity index (χ0v) is 14.1. The first-order valence-corrected chi connectivity index (χ1v) is 9.22. The first-order chi connectivity index (χ1) is 11.8. The molecule has 3 heterocycles. The number of hydrogen-bond acceptors (Lipinski definition) is 3. The van der Waals surface area contributed by atoms with E-state index in [1.807, 2.05) is 24.3 Å². The summed E-state index contributed by atoms with van der Waals surface area (Å²) in [7, 11) is 0. The number of aryl methyl sites for hydroxylation is 1. The Morgan fingerprint density at radius 3 is 2.79 bits per heavy atom. The Morgan fingerprint density at radius 1 is 1.21 bits per heavy atom. The molecular weight excluding hydrogens is 300 g/mol. The van der Waals surface area contributed by atoms with Gasteiger partial charge in [0.25, 0.3) is 0 Å². The molecule has 1 aromatic heterocycles. The van der Waals surface area contributed by atoms with Crippen LogP contribution in [0.3, 0.4) is 0 Å². The molecule has 4 rings (SSSR count). The monoisotopic (exact) mass is 326 g/mol. The summed E-state index contributed by atoms with van der Waals surface area (Å²) in [4.78, 5) is 20.0. The number of para-hydroxylation sites is 2. The van der Waals surface area contributed by atoms with Gasteiger partial charge in [0.15, 0.2) is 0 Å². The van der Waals surface area contributed by atoms with Crippen molar-refractivity contribution in [1.29, 1.82) is 0 Å². The molecule has 2 fully saturated rings. The molecule has 0 aliphatic carbocycles. The molecule has 2 unspecified atom stereocenters. The van der Waals surface area contributed by atoms with Crippen LogP contribution in [-0.2, 0) is 11.2 Å². The summed E-state index contributed by atoms with van der Waals surface area (Å²) in [5.74, 6) is 1.78. The van der Waals surface area contributed by atoms with Crippen LogP contribution < -0.4 is 10.6 Å². The zero-order chi connectivity index (χ0) is 16.4. The van der Waals surface area contributed by atoms with Gasteiger partial charge in [-0.25, -0.2) is 4.98 Å². The van der Waals surface area contributed by atoms with Crippen molar-refractivity contribution in [1.82, 2.24) is 20.6 Å². The number of amides is 1. The number of rotatable bonds is 6. The Labute approximate surface area is 142 Å². The van der Waals surface area contributed by atoms with Crippen molar-refractivity contribution in [2.24, 2.45) is 5.92 Å². The van der Waals surface area contributed by atoms with E-state index in [-0.39, 0.29) is 5.91 Å². The van der Waals surface area contributed by atoms with Gasteiger partial charge < -0.3 is 15.6 Å². The molecular formula is C19H26N4O. The summed E-state index contributed by atoms with van der Waals surface area (Å²) < 4.78 is 0. The van der Waals surface area contributed by atoms with E-state index in [0.717, 1.165) is 36.2 Å². The number of fused-ring (bicyclic) bond motifs is 3. The third kappa shape index (κ3) is 3.61. The number of imidazole rings is 1. The van der Waals surface area contributed by atoms with Gasteiger partial charge >= 0.3 is 0 Å². The van der Waals surface area contributed by atoms with Gasteiger partial charge in [-0.15, -0.1) is 0 Å². The molecule has 5 heteroatoms. The number of hydrogen-bond donors (Lipinski definition) is 3. The van der Waals surface area contributed by atoms with Crippen LogP contribution in [0.2, 0.25) is 0 Å². The number of H-pyrrole nitrogens is 1. The van der Waals surface area contributed by atoms with Gasteiger partial charge in [0, 0.05) is 31.5 Å². The first kappa shape index (κ1) is 15.6. The highest BCUT2D eigenvalue weighted by atomic mass is 16.1. The van der Waals surface area contributed by atoms with Crippen molar-refractivity contribution >= 4 is 16.9 Å². The Morgan fingerprint density at radius 2 is 2.00 bits per heavy atom. The molecule has 2 bridgehead atoms. The van der Waals surface area contributed by atoms with Crippen LogP contribution in [0.25, 0.3) is 11.0 Å². The lowest BCUT2D eigenvalue weighted by Crippen LogP contribution is -2.39. The molecule has 2 aliphatic heterocycles. The van der Waals surface area contributed by atoms with Crippen LogP contribution in [-0.4, -0.2) is 34.5 Å². The van der Waals surface area contributed by atoms with Gasteiger partial charge in [0.1, 0.15) is 5.82 Å². The second-order valence-electron chi connectivity index (χ2n) is 7.33. The minimum Gasteiger partial charge on any atom is -0.356 e. The molecule has 3 N–H and O–H groups in total. The number of piperidine rings is 1. The van der Waals surface area contributed by atoms with Crippen LogP contribution >= 0.6 is 0 Å². The van der Waals surface area contributed by atoms with Crippen molar-refractivity contribution in [3.05, 3.63) is 30.1 Å². The fourth-order valence-electron chi connectivity index (χ4n) is 4.28. The van der Waals surface area contributed by atoms with E-state index in [0.29, 0.717) is 24.4 Å². The fraction of sp³-hybridized carbons (Fsp3) is 0.579. The van der Waals surface area contributed by atoms with Gasteiger partial charge in [-0.1, -0.05) is 12.1 Å². The van der Waals surface area contributed by atoms with E-state index >= 15 is 0 Å². The highest BCUT2D eigenvalue weighted by Gasteiger charge is 2.33. The second kappa shape index (κ2) is 6.93. The largest absolute Gasteiger partial charge is 0.356 e. The normalized spacial score (nSPS) is 25.9. The Bertz CT molecular complexity index is 665. The Kier molecular flexibility index (Phi) is 4.52. The molecule has 2 atom stereocenters. The van der Waals surface area contributed by atoms with Crippen LogP contribution in [0.5, 0.6) is 0 Å². The summed E-state index contributed by atoms with van der Waals surface area (Å²) in [5.41, 5.74) is 2.09. The molecule has 2 saturated heterocycles. The molecule has 128 valence electrons. The summed E-state index contributed by atoms with van der Waals surface area (Å²) in [6.07, 6.45) is 7.40. The third-order valence-electron chi connectivity index (χ3n) is 5.40. The minimum absolute atomic E-state index is 0.214. The van der Waals surface area contributed by atoms with Crippen LogP contribution in [0.15, 0.2) is 24.3 Å². The number of aromatic amines is 1. The Hall–Kier alpha value is -1.88. The van der Waals surface area contributed by atoms with Crippen molar-refractivity contribution in [3.63, 3.8) is 0 Å². The van der Waals surface area contributed by atoms with Gasteiger partial charge in [-0.2, -0.15) is 0 Å². The highest BCUT2D eigenvalue weighted by Crippen LogP contribution is 2.32. The first-order valence-electron chi connectivity index (χ1n) is 9.22. The standard InChI is InChI=1S/C19H26N4O/c24-19(12-13-10-14-7-8-15(11-13)21-14)20-9-3-6-18-22-16-4-1-2-5-17(16)23-18/h1-2,4-5,13-15,21H,3,6-12H2,(H,20,24)(H,22,23). The average Bonchev–Trinajstić information content (AvgIpc) is 3.14. The number of nitrogens with zero attached hydrogens (tertiary/aromatic N) is 1. The van der Waals surface area contributed by atoms with Crippen molar-refractivity contribution in [2.75, 3.05) is 6.54 Å². The Balaban J connectivity index is 1.18. The van der Waals surface area contributed by atoms with Crippen LogP contribution in [0.1, 0.15) is 44.3 Å². The van der Waals surface area contributed by atoms with Gasteiger partial charge in [-0.3, -0.25) is 4.79 Å². The molecule has 1 amide bonds. The van der Waals surface area contributed by atoms with E-state index in [1.54, 1.807) is 0 Å². The maximum absolute atomic E-state index is 12.1. The van der Waals surface area contributed by atoms with E-state index in [9.17, 15) is 4.79 Å². The summed E-state index contributed by atoms with van der Waals surface area (Å²) in [6.45, 7) is 0.730. The summed E-state index contributed by atoms with van der Waals surface area (Å²) in [5, 5.41) is 6.72. The number of nitrogens with one attached hydrogen (secondary N) is 3. The summed E-state index contributed by atoms with van der Waals surface area (Å²) >= 11 is 0. The molecule has 0 radical (unpaired) electrons. The predicted molar refractivity (Wildman–Crippen MR) is 94.7 cm³/mol. The van der Waals surface area contributed by atoms with Crippen molar-refractivity contribution in [2.45, 2.75) is 57.0 Å². The van der Waals surface area contributed by atoms with Gasteiger partial charge in [0.05, 0.1) is 11.0 Å². The number of carbonyl (C=O) groups excluding carboxylic acids is 1. The van der Waals surface area contributed by atoms with E-state index in [4.69, 9.17) is 0 Å². The van der Waals surface area contributed by atoms with Gasteiger partial charge in [0.2, 0.25) is 5.91 Å². The maximum Gasteiger partial charge on any atom is 0.220 e. The van der Waals surface area contributed by atoms with Gasteiger partial charge in [-0.05, 0) is 50.2 Å².